The van der Waals surface area contributed by atoms with Gasteiger partial charge >= 0.3 is 0 Å². The minimum Gasteiger partial charge on any atom is -0.224 e. The molecular formula is C13H7Cl5O2S. The molecule has 0 aliphatic rings. The summed E-state index contributed by atoms with van der Waals surface area (Å²) in [5.41, 5.74) is 0.877. The van der Waals surface area contributed by atoms with Crippen LogP contribution in [0.1, 0.15) is 0 Å². The van der Waals surface area contributed by atoms with Crippen molar-refractivity contribution in [2.45, 2.75) is 4.90 Å². The average molecular weight is 405 g/mol. The van der Waals surface area contributed by atoms with E-state index in [1.165, 1.54) is 24.3 Å². The summed E-state index contributed by atoms with van der Waals surface area (Å²) in [6.45, 7) is 0. The molecule has 0 aliphatic heterocycles. The molecule has 2 aromatic rings. The van der Waals surface area contributed by atoms with Gasteiger partial charge < -0.3 is 0 Å². The molecule has 0 heterocycles. The maximum atomic E-state index is 11.7. The molecule has 0 aliphatic carbocycles. The molecule has 0 bridgehead atoms. The monoisotopic (exact) mass is 402 g/mol. The SMILES string of the molecule is CS(=O)(=O)c1cc(-c2cc(Cl)c(Cl)cc2Cl)c(Cl)cc1Cl. The molecule has 0 amide bonds. The first-order valence-corrected chi connectivity index (χ1v) is 9.23. The van der Waals surface area contributed by atoms with E-state index in [1.54, 1.807) is 0 Å². The predicted octanol–water partition coefficient (Wildman–Crippen LogP) is 6.02. The van der Waals surface area contributed by atoms with Crippen LogP contribution in [0.15, 0.2) is 29.2 Å². The van der Waals surface area contributed by atoms with Crippen molar-refractivity contribution in [3.63, 3.8) is 0 Å². The molecule has 0 unspecified atom stereocenters. The van der Waals surface area contributed by atoms with Gasteiger partial charge in [-0.2, -0.15) is 0 Å². The molecule has 2 aromatic carbocycles. The van der Waals surface area contributed by atoms with Gasteiger partial charge in [0.2, 0.25) is 0 Å². The van der Waals surface area contributed by atoms with Gasteiger partial charge in [-0.15, -0.1) is 0 Å². The second-order valence-electron chi connectivity index (χ2n) is 4.28. The molecule has 0 atom stereocenters. The second-order valence-corrected chi connectivity index (χ2v) is 8.30. The van der Waals surface area contributed by atoms with Gasteiger partial charge in [0, 0.05) is 17.4 Å². The lowest BCUT2D eigenvalue weighted by Gasteiger charge is -2.11. The molecule has 0 radical (unpaired) electrons. The number of rotatable bonds is 2. The Bertz CT molecular complexity index is 831. The van der Waals surface area contributed by atoms with Crippen LogP contribution in [0, 0.1) is 0 Å². The van der Waals surface area contributed by atoms with Crippen molar-refractivity contribution in [3.05, 3.63) is 49.4 Å². The Balaban J connectivity index is 2.79. The summed E-state index contributed by atoms with van der Waals surface area (Å²) in [5.74, 6) is 0. The lowest BCUT2D eigenvalue weighted by Crippen LogP contribution is -1.99. The smallest absolute Gasteiger partial charge is 0.177 e. The number of hydrogen-bond acceptors (Lipinski definition) is 2. The maximum Gasteiger partial charge on any atom is 0.177 e. The van der Waals surface area contributed by atoms with E-state index in [9.17, 15) is 8.42 Å². The molecule has 0 N–H and O–H groups in total. The molecule has 112 valence electrons. The highest BCUT2D eigenvalue weighted by Gasteiger charge is 2.18. The Morgan fingerprint density at radius 3 is 1.62 bits per heavy atom. The van der Waals surface area contributed by atoms with E-state index in [2.05, 4.69) is 0 Å². The Labute approximate surface area is 147 Å². The van der Waals surface area contributed by atoms with Crippen molar-refractivity contribution in [2.24, 2.45) is 0 Å². The summed E-state index contributed by atoms with van der Waals surface area (Å²) in [7, 11) is -3.50. The molecule has 0 saturated carbocycles. The fourth-order valence-electron chi connectivity index (χ4n) is 1.75. The van der Waals surface area contributed by atoms with Gasteiger partial charge in [0.25, 0.3) is 0 Å². The number of halogens is 5. The first-order valence-electron chi connectivity index (χ1n) is 5.45. The topological polar surface area (TPSA) is 34.1 Å². The Kier molecular flexibility index (Phi) is 5.04. The molecule has 0 fully saturated rings. The fourth-order valence-corrected chi connectivity index (χ4v) is 4.05. The van der Waals surface area contributed by atoms with Crippen LogP contribution in [-0.4, -0.2) is 14.7 Å². The van der Waals surface area contributed by atoms with Crippen molar-refractivity contribution in [1.82, 2.24) is 0 Å². The second kappa shape index (κ2) is 6.15. The van der Waals surface area contributed by atoms with Crippen LogP contribution in [0.3, 0.4) is 0 Å². The van der Waals surface area contributed by atoms with Crippen LogP contribution in [0.4, 0.5) is 0 Å². The molecule has 0 aromatic heterocycles. The minimum absolute atomic E-state index is 0.0364. The van der Waals surface area contributed by atoms with Gasteiger partial charge in [-0.05, 0) is 24.3 Å². The third-order valence-corrected chi connectivity index (χ3v) is 5.63. The third-order valence-electron chi connectivity index (χ3n) is 2.72. The summed E-state index contributed by atoms with van der Waals surface area (Å²) < 4.78 is 23.5. The van der Waals surface area contributed by atoms with Crippen LogP contribution >= 0.6 is 58.0 Å². The predicted molar refractivity (Wildman–Crippen MR) is 90.0 cm³/mol. The Morgan fingerprint density at radius 2 is 1.10 bits per heavy atom. The average Bonchev–Trinajstić information content (AvgIpc) is 2.33. The van der Waals surface area contributed by atoms with Gasteiger partial charge in [-0.3, -0.25) is 0 Å². The van der Waals surface area contributed by atoms with Gasteiger partial charge in [0.1, 0.15) is 0 Å². The Morgan fingerprint density at radius 1 is 0.667 bits per heavy atom. The highest BCUT2D eigenvalue weighted by molar-refractivity contribution is 7.90. The maximum absolute atomic E-state index is 11.7. The van der Waals surface area contributed by atoms with Crippen LogP contribution in [0.25, 0.3) is 11.1 Å². The van der Waals surface area contributed by atoms with E-state index >= 15 is 0 Å². The van der Waals surface area contributed by atoms with Gasteiger partial charge in [-0.25, -0.2) is 8.42 Å². The highest BCUT2D eigenvalue weighted by Crippen LogP contribution is 2.40. The zero-order valence-corrected chi connectivity index (χ0v) is 15.0. The zero-order chi connectivity index (χ0) is 15.9. The van der Waals surface area contributed by atoms with Gasteiger partial charge in [0.05, 0.1) is 30.0 Å². The molecule has 2 nitrogen and oxygen atoms in total. The number of sulfone groups is 1. The van der Waals surface area contributed by atoms with E-state index in [0.29, 0.717) is 21.2 Å². The van der Waals surface area contributed by atoms with Crippen LogP contribution in [0.5, 0.6) is 0 Å². The number of hydrogen-bond donors (Lipinski definition) is 0. The van der Waals surface area contributed by atoms with Gasteiger partial charge in [0.15, 0.2) is 9.84 Å². The van der Waals surface area contributed by atoms with E-state index in [-0.39, 0.29) is 20.0 Å². The van der Waals surface area contributed by atoms with Gasteiger partial charge in [-0.1, -0.05) is 58.0 Å². The van der Waals surface area contributed by atoms with E-state index in [4.69, 9.17) is 58.0 Å². The molecule has 21 heavy (non-hydrogen) atoms. The number of benzene rings is 2. The highest BCUT2D eigenvalue weighted by atomic mass is 35.5. The first kappa shape index (κ1) is 17.2. The third kappa shape index (κ3) is 3.61. The van der Waals surface area contributed by atoms with Crippen LogP contribution in [-0.2, 0) is 9.84 Å². The van der Waals surface area contributed by atoms with Crippen molar-refractivity contribution >= 4 is 67.8 Å². The van der Waals surface area contributed by atoms with Crippen molar-refractivity contribution < 1.29 is 8.42 Å². The van der Waals surface area contributed by atoms with Crippen LogP contribution < -0.4 is 0 Å². The van der Waals surface area contributed by atoms with Crippen LogP contribution in [0.2, 0.25) is 25.1 Å². The summed E-state index contributed by atoms with van der Waals surface area (Å²) in [6, 6.07) is 5.71. The van der Waals surface area contributed by atoms with E-state index in [1.807, 2.05) is 0 Å². The quantitative estimate of drug-likeness (QED) is 0.573. The van der Waals surface area contributed by atoms with Crippen molar-refractivity contribution in [2.75, 3.05) is 6.26 Å². The van der Waals surface area contributed by atoms with Crippen molar-refractivity contribution in [3.8, 4) is 11.1 Å². The standard InChI is InChI=1S/C13H7Cl5O2S/c1-21(19,20)13-3-7(9(15)5-12(13)18)6-2-10(16)11(17)4-8(6)14/h2-5H,1H3. The normalized spacial score (nSPS) is 11.7. The first-order chi connectivity index (χ1) is 9.61. The summed E-state index contributed by atoms with van der Waals surface area (Å²) >= 11 is 30.0. The lowest BCUT2D eigenvalue weighted by molar-refractivity contribution is 0.602. The molecule has 2 rings (SSSR count). The molecule has 0 saturated heterocycles. The zero-order valence-electron chi connectivity index (χ0n) is 10.4. The summed E-state index contributed by atoms with van der Waals surface area (Å²) in [6.07, 6.45) is 1.06. The Hall–Kier alpha value is -0.160. The molecule has 8 heteroatoms. The van der Waals surface area contributed by atoms with E-state index < -0.39 is 9.84 Å². The van der Waals surface area contributed by atoms with Crippen molar-refractivity contribution in [1.29, 1.82) is 0 Å². The largest absolute Gasteiger partial charge is 0.224 e. The molecule has 0 spiro atoms. The lowest BCUT2D eigenvalue weighted by atomic mass is 10.1. The minimum atomic E-state index is -3.50. The molecular weight excluding hydrogens is 397 g/mol. The van der Waals surface area contributed by atoms with E-state index in [0.717, 1.165) is 6.26 Å². The summed E-state index contributed by atoms with van der Waals surface area (Å²) in [5, 5.41) is 1.17. The summed E-state index contributed by atoms with van der Waals surface area (Å²) in [4.78, 5) is -0.0364. The fraction of sp³-hybridized carbons (Fsp3) is 0.0769.